The van der Waals surface area contributed by atoms with Crippen molar-refractivity contribution in [1.29, 1.82) is 0 Å². The molecular formula is C14H20N2O3S. The molecule has 0 aliphatic heterocycles. The molecule has 1 aromatic rings. The second-order valence-electron chi connectivity index (χ2n) is 5.44. The summed E-state index contributed by atoms with van der Waals surface area (Å²) in [7, 11) is -2.96. The van der Waals surface area contributed by atoms with Gasteiger partial charge in [-0.15, -0.1) is 0 Å². The topological polar surface area (TPSA) is 89.3 Å². The molecule has 0 radical (unpaired) electrons. The minimum atomic E-state index is -2.96. The van der Waals surface area contributed by atoms with Crippen LogP contribution < -0.4 is 11.1 Å². The zero-order chi connectivity index (χ0) is 14.8. The van der Waals surface area contributed by atoms with Gasteiger partial charge in [-0.25, -0.2) is 8.42 Å². The summed E-state index contributed by atoms with van der Waals surface area (Å²) in [5, 5.41) is 2.84. The van der Waals surface area contributed by atoms with E-state index in [0.29, 0.717) is 18.7 Å². The minimum absolute atomic E-state index is 0.0178. The van der Waals surface area contributed by atoms with Crippen molar-refractivity contribution in [2.45, 2.75) is 24.7 Å². The largest absolute Gasteiger partial charge is 0.399 e. The number of sulfone groups is 1. The van der Waals surface area contributed by atoms with Gasteiger partial charge in [0.25, 0.3) is 0 Å². The van der Waals surface area contributed by atoms with Crippen LogP contribution in [0.25, 0.3) is 0 Å². The molecule has 1 aliphatic rings. The summed E-state index contributed by atoms with van der Waals surface area (Å²) in [5.74, 6) is 0.0816. The van der Waals surface area contributed by atoms with Crippen LogP contribution in [0.1, 0.15) is 24.8 Å². The molecule has 1 aliphatic carbocycles. The molecule has 0 unspecified atom stereocenters. The number of anilines is 1. The van der Waals surface area contributed by atoms with E-state index in [1.54, 1.807) is 12.1 Å². The van der Waals surface area contributed by atoms with Gasteiger partial charge < -0.3 is 11.1 Å². The van der Waals surface area contributed by atoms with Crippen molar-refractivity contribution in [1.82, 2.24) is 5.32 Å². The maximum Gasteiger partial charge on any atom is 0.230 e. The van der Waals surface area contributed by atoms with Gasteiger partial charge in [0.05, 0.1) is 11.2 Å². The quantitative estimate of drug-likeness (QED) is 0.601. The molecule has 0 atom stereocenters. The van der Waals surface area contributed by atoms with E-state index >= 15 is 0 Å². The lowest BCUT2D eigenvalue weighted by Crippen LogP contribution is -2.35. The van der Waals surface area contributed by atoms with Crippen LogP contribution in [0.3, 0.4) is 0 Å². The number of rotatable bonds is 6. The molecule has 0 spiro atoms. The summed E-state index contributed by atoms with van der Waals surface area (Å²) in [6.45, 7) is 0.391. The van der Waals surface area contributed by atoms with Crippen LogP contribution >= 0.6 is 0 Å². The molecule has 0 saturated heterocycles. The number of carbonyl (C=O) groups excluding carboxylic acids is 1. The first-order valence-corrected chi connectivity index (χ1v) is 8.72. The Balaban J connectivity index is 1.90. The summed E-state index contributed by atoms with van der Waals surface area (Å²) >= 11 is 0. The standard InChI is InChI=1S/C14H20N2O3S/c1-20(18,19)10-2-9-16-13(17)14(7-8-14)11-3-5-12(15)6-4-11/h3-6H,2,7-10,15H2,1H3,(H,16,17). The molecule has 1 saturated carbocycles. The predicted molar refractivity (Wildman–Crippen MR) is 79.1 cm³/mol. The summed E-state index contributed by atoms with van der Waals surface area (Å²) in [5.41, 5.74) is 6.87. The minimum Gasteiger partial charge on any atom is -0.399 e. The third-order valence-corrected chi connectivity index (χ3v) is 4.66. The number of amides is 1. The molecule has 1 amide bonds. The van der Waals surface area contributed by atoms with Gasteiger partial charge >= 0.3 is 0 Å². The van der Waals surface area contributed by atoms with Crippen LogP contribution in [0.4, 0.5) is 5.69 Å². The van der Waals surface area contributed by atoms with Crippen LogP contribution in [-0.2, 0) is 20.0 Å². The SMILES string of the molecule is CS(=O)(=O)CCCNC(=O)C1(c2ccc(N)cc2)CC1. The van der Waals surface area contributed by atoms with E-state index in [2.05, 4.69) is 5.32 Å². The number of benzene rings is 1. The van der Waals surface area contributed by atoms with E-state index in [-0.39, 0.29) is 11.7 Å². The molecule has 20 heavy (non-hydrogen) atoms. The monoisotopic (exact) mass is 296 g/mol. The Bertz CT molecular complexity index is 589. The van der Waals surface area contributed by atoms with Crippen molar-refractivity contribution in [2.24, 2.45) is 0 Å². The highest BCUT2D eigenvalue weighted by Crippen LogP contribution is 2.48. The highest BCUT2D eigenvalue weighted by molar-refractivity contribution is 7.90. The first kappa shape index (κ1) is 14.8. The first-order chi connectivity index (χ1) is 9.33. The highest BCUT2D eigenvalue weighted by atomic mass is 32.2. The second kappa shape index (κ2) is 5.44. The summed E-state index contributed by atoms with van der Waals surface area (Å²) in [6.07, 6.45) is 3.30. The lowest BCUT2D eigenvalue weighted by atomic mass is 9.95. The van der Waals surface area contributed by atoms with Gasteiger partial charge in [0, 0.05) is 18.5 Å². The molecule has 0 heterocycles. The van der Waals surface area contributed by atoms with Crippen LogP contribution in [0.15, 0.2) is 24.3 Å². The fraction of sp³-hybridized carbons (Fsp3) is 0.500. The number of hydrogen-bond donors (Lipinski definition) is 2. The number of nitrogens with one attached hydrogen (secondary N) is 1. The van der Waals surface area contributed by atoms with E-state index in [1.807, 2.05) is 12.1 Å². The molecule has 0 aromatic heterocycles. The van der Waals surface area contributed by atoms with Gasteiger partial charge in [-0.2, -0.15) is 0 Å². The Morgan fingerprint density at radius 2 is 1.90 bits per heavy atom. The molecule has 1 fully saturated rings. The molecule has 2 rings (SSSR count). The van der Waals surface area contributed by atoms with Crippen molar-refractivity contribution < 1.29 is 13.2 Å². The number of carbonyl (C=O) groups is 1. The Kier molecular flexibility index (Phi) is 4.04. The normalized spacial score (nSPS) is 16.6. The number of nitrogen functional groups attached to an aromatic ring is 1. The Labute approximate surface area is 119 Å². The van der Waals surface area contributed by atoms with Gasteiger partial charge in [0.1, 0.15) is 9.84 Å². The highest BCUT2D eigenvalue weighted by Gasteiger charge is 2.50. The number of nitrogens with two attached hydrogens (primary N) is 1. The van der Waals surface area contributed by atoms with Crippen LogP contribution in [0.5, 0.6) is 0 Å². The lowest BCUT2D eigenvalue weighted by molar-refractivity contribution is -0.123. The average molecular weight is 296 g/mol. The summed E-state index contributed by atoms with van der Waals surface area (Å²) in [4.78, 5) is 12.2. The molecular weight excluding hydrogens is 276 g/mol. The molecule has 3 N–H and O–H groups in total. The van der Waals surface area contributed by atoms with Gasteiger partial charge in [-0.05, 0) is 37.0 Å². The Morgan fingerprint density at radius 3 is 2.40 bits per heavy atom. The third-order valence-electron chi connectivity index (χ3n) is 3.63. The van der Waals surface area contributed by atoms with E-state index in [0.717, 1.165) is 18.4 Å². The lowest BCUT2D eigenvalue weighted by Gasteiger charge is -2.16. The molecule has 0 bridgehead atoms. The number of hydrogen-bond acceptors (Lipinski definition) is 4. The Morgan fingerprint density at radius 1 is 1.30 bits per heavy atom. The van der Waals surface area contributed by atoms with Crippen molar-refractivity contribution >= 4 is 21.4 Å². The van der Waals surface area contributed by atoms with Crippen LogP contribution in [-0.4, -0.2) is 32.9 Å². The van der Waals surface area contributed by atoms with Crippen molar-refractivity contribution in [3.8, 4) is 0 Å². The fourth-order valence-corrected chi connectivity index (χ4v) is 2.95. The van der Waals surface area contributed by atoms with Gasteiger partial charge in [-0.3, -0.25) is 4.79 Å². The van der Waals surface area contributed by atoms with Crippen LogP contribution in [0, 0.1) is 0 Å². The van der Waals surface area contributed by atoms with Gasteiger partial charge in [0.15, 0.2) is 0 Å². The second-order valence-corrected chi connectivity index (χ2v) is 7.70. The van der Waals surface area contributed by atoms with E-state index in [9.17, 15) is 13.2 Å². The molecule has 1 aromatic carbocycles. The van der Waals surface area contributed by atoms with Gasteiger partial charge in [-0.1, -0.05) is 12.1 Å². The first-order valence-electron chi connectivity index (χ1n) is 6.66. The van der Waals surface area contributed by atoms with Crippen molar-refractivity contribution in [3.05, 3.63) is 29.8 Å². The van der Waals surface area contributed by atoms with Crippen molar-refractivity contribution in [3.63, 3.8) is 0 Å². The molecule has 110 valence electrons. The third kappa shape index (κ3) is 3.50. The fourth-order valence-electron chi connectivity index (χ4n) is 2.28. The van der Waals surface area contributed by atoms with Crippen molar-refractivity contribution in [2.75, 3.05) is 24.3 Å². The zero-order valence-corrected chi connectivity index (χ0v) is 12.4. The van der Waals surface area contributed by atoms with E-state index in [4.69, 9.17) is 5.73 Å². The van der Waals surface area contributed by atoms with E-state index < -0.39 is 15.3 Å². The summed E-state index contributed by atoms with van der Waals surface area (Å²) in [6, 6.07) is 7.37. The van der Waals surface area contributed by atoms with E-state index in [1.165, 1.54) is 6.26 Å². The molecule has 6 heteroatoms. The Hall–Kier alpha value is -1.56. The predicted octanol–water partition coefficient (Wildman–Crippen LogP) is 0.851. The zero-order valence-electron chi connectivity index (χ0n) is 11.6. The summed E-state index contributed by atoms with van der Waals surface area (Å²) < 4.78 is 22.0. The van der Waals surface area contributed by atoms with Gasteiger partial charge in [0.2, 0.25) is 5.91 Å². The average Bonchev–Trinajstić information content (AvgIpc) is 3.15. The maximum atomic E-state index is 12.2. The smallest absolute Gasteiger partial charge is 0.230 e. The molecule has 5 nitrogen and oxygen atoms in total. The van der Waals surface area contributed by atoms with Crippen LogP contribution in [0.2, 0.25) is 0 Å². The maximum absolute atomic E-state index is 12.2.